The maximum atomic E-state index is 5.85. The first-order chi connectivity index (χ1) is 8.42. The topological polar surface area (TPSA) is 38.0 Å². The zero-order valence-corrected chi connectivity index (χ0v) is 11.1. The van der Waals surface area contributed by atoms with Gasteiger partial charge in [-0.15, -0.1) is 0 Å². The molecule has 98 valence electrons. The lowest BCUT2D eigenvalue weighted by molar-refractivity contribution is 0.350. The van der Waals surface area contributed by atoms with Crippen molar-refractivity contribution >= 4 is 0 Å². The monoisotopic (exact) mass is 236 g/mol. The smallest absolute Gasteiger partial charge is 0.0447 e. The Morgan fingerprint density at radius 2 is 1.71 bits per heavy atom. The van der Waals surface area contributed by atoms with E-state index in [1.54, 1.807) is 5.57 Å². The molecule has 0 saturated heterocycles. The molecule has 0 aromatic rings. The fourth-order valence-corrected chi connectivity index (χ4v) is 3.51. The molecule has 2 nitrogen and oxygen atoms in total. The van der Waals surface area contributed by atoms with E-state index in [1.165, 1.54) is 70.6 Å². The molecule has 0 radical (unpaired) electrons. The molecule has 2 aliphatic carbocycles. The number of rotatable bonds is 3. The quantitative estimate of drug-likeness (QED) is 0.339. The van der Waals surface area contributed by atoms with Gasteiger partial charge in [-0.05, 0) is 44.4 Å². The molecule has 2 heteroatoms. The lowest BCUT2D eigenvalue weighted by Gasteiger charge is -2.28. The van der Waals surface area contributed by atoms with Gasteiger partial charge in [0.2, 0.25) is 0 Å². The van der Waals surface area contributed by atoms with Crippen LogP contribution in [0.25, 0.3) is 0 Å². The van der Waals surface area contributed by atoms with E-state index in [1.807, 2.05) is 0 Å². The second kappa shape index (κ2) is 7.17. The fourth-order valence-electron chi connectivity index (χ4n) is 3.51. The van der Waals surface area contributed by atoms with Crippen molar-refractivity contribution in [2.24, 2.45) is 11.8 Å². The van der Waals surface area contributed by atoms with E-state index in [-0.39, 0.29) is 0 Å². The lowest BCUT2D eigenvalue weighted by Crippen LogP contribution is -2.42. The highest BCUT2D eigenvalue weighted by Crippen LogP contribution is 2.31. The van der Waals surface area contributed by atoms with Crippen molar-refractivity contribution < 1.29 is 0 Å². The Balaban J connectivity index is 1.99. The first-order valence-corrected chi connectivity index (χ1v) is 7.57. The molecule has 0 aliphatic heterocycles. The van der Waals surface area contributed by atoms with Crippen LogP contribution in [-0.4, -0.2) is 6.04 Å². The van der Waals surface area contributed by atoms with Gasteiger partial charge in [0.15, 0.2) is 0 Å². The Kier molecular flexibility index (Phi) is 5.53. The summed E-state index contributed by atoms with van der Waals surface area (Å²) in [6, 6.07) is 0.464. The SMILES string of the molecule is NNC(C1=CCCCCC1)C1CCCCCC1. The highest BCUT2D eigenvalue weighted by atomic mass is 15.2. The van der Waals surface area contributed by atoms with Crippen molar-refractivity contribution in [3.63, 3.8) is 0 Å². The van der Waals surface area contributed by atoms with Gasteiger partial charge in [-0.3, -0.25) is 11.3 Å². The summed E-state index contributed by atoms with van der Waals surface area (Å²) < 4.78 is 0. The molecule has 1 fully saturated rings. The molecule has 0 aromatic carbocycles. The van der Waals surface area contributed by atoms with E-state index in [2.05, 4.69) is 11.5 Å². The molecule has 1 atom stereocenters. The molecule has 0 heterocycles. The normalized spacial score (nSPS) is 25.8. The summed E-state index contributed by atoms with van der Waals surface area (Å²) in [5.74, 6) is 6.63. The van der Waals surface area contributed by atoms with Gasteiger partial charge in [0.05, 0.1) is 0 Å². The molecular formula is C15H28N2. The molecule has 2 rings (SSSR count). The van der Waals surface area contributed by atoms with Gasteiger partial charge in [0.25, 0.3) is 0 Å². The molecule has 0 bridgehead atoms. The van der Waals surface area contributed by atoms with Crippen molar-refractivity contribution in [2.45, 2.75) is 76.7 Å². The number of hydrogen-bond donors (Lipinski definition) is 2. The Bertz CT molecular complexity index is 239. The highest BCUT2D eigenvalue weighted by Gasteiger charge is 2.24. The van der Waals surface area contributed by atoms with Gasteiger partial charge < -0.3 is 0 Å². The second-order valence-corrected chi connectivity index (χ2v) is 5.77. The molecule has 3 N–H and O–H groups in total. The van der Waals surface area contributed by atoms with Crippen molar-refractivity contribution in [3.8, 4) is 0 Å². The average Bonchev–Trinajstić information content (AvgIpc) is 2.75. The Labute approximate surface area is 106 Å². The van der Waals surface area contributed by atoms with Crippen molar-refractivity contribution in [2.75, 3.05) is 0 Å². The summed E-state index contributed by atoms with van der Waals surface area (Å²) in [6.45, 7) is 0. The van der Waals surface area contributed by atoms with E-state index in [0.717, 1.165) is 5.92 Å². The van der Waals surface area contributed by atoms with Crippen LogP contribution in [0.5, 0.6) is 0 Å². The molecule has 17 heavy (non-hydrogen) atoms. The second-order valence-electron chi connectivity index (χ2n) is 5.77. The van der Waals surface area contributed by atoms with Crippen molar-refractivity contribution in [1.29, 1.82) is 0 Å². The molecule has 2 aliphatic rings. The number of nitrogens with two attached hydrogens (primary N) is 1. The van der Waals surface area contributed by atoms with Crippen LogP contribution in [0.4, 0.5) is 0 Å². The zero-order chi connectivity index (χ0) is 11.9. The van der Waals surface area contributed by atoms with Gasteiger partial charge in [-0.25, -0.2) is 0 Å². The van der Waals surface area contributed by atoms with Crippen LogP contribution in [0.1, 0.15) is 70.6 Å². The number of hydrazine groups is 1. The molecular weight excluding hydrogens is 208 g/mol. The minimum Gasteiger partial charge on any atom is -0.271 e. The zero-order valence-electron chi connectivity index (χ0n) is 11.1. The maximum Gasteiger partial charge on any atom is 0.0447 e. The Morgan fingerprint density at radius 3 is 2.41 bits per heavy atom. The first-order valence-electron chi connectivity index (χ1n) is 7.57. The first kappa shape index (κ1) is 13.1. The third-order valence-electron chi connectivity index (χ3n) is 4.53. The van der Waals surface area contributed by atoms with E-state index < -0.39 is 0 Å². The van der Waals surface area contributed by atoms with E-state index in [0.29, 0.717) is 6.04 Å². The third kappa shape index (κ3) is 3.82. The highest BCUT2D eigenvalue weighted by molar-refractivity contribution is 5.13. The summed E-state index contributed by atoms with van der Waals surface area (Å²) in [5, 5.41) is 0. The number of allylic oxidation sites excluding steroid dienone is 1. The Morgan fingerprint density at radius 1 is 1.00 bits per heavy atom. The fraction of sp³-hybridized carbons (Fsp3) is 0.867. The molecule has 0 spiro atoms. The predicted octanol–water partition coefficient (Wildman–Crippen LogP) is 3.68. The largest absolute Gasteiger partial charge is 0.271 e. The van der Waals surface area contributed by atoms with Crippen molar-refractivity contribution in [3.05, 3.63) is 11.6 Å². The van der Waals surface area contributed by atoms with Gasteiger partial charge in [0.1, 0.15) is 0 Å². The van der Waals surface area contributed by atoms with Crippen LogP contribution < -0.4 is 11.3 Å². The van der Waals surface area contributed by atoms with Gasteiger partial charge in [-0.2, -0.15) is 0 Å². The van der Waals surface area contributed by atoms with Crippen LogP contribution >= 0.6 is 0 Å². The number of hydrogen-bond acceptors (Lipinski definition) is 2. The van der Waals surface area contributed by atoms with Crippen LogP contribution in [0, 0.1) is 5.92 Å². The molecule has 0 aromatic heterocycles. The maximum absolute atomic E-state index is 5.85. The van der Waals surface area contributed by atoms with Crippen LogP contribution in [0.3, 0.4) is 0 Å². The van der Waals surface area contributed by atoms with E-state index in [4.69, 9.17) is 5.84 Å². The standard InChI is InChI=1S/C15H28N2/c16-17-15(13-9-5-1-2-6-10-13)14-11-7-3-4-8-12-14/h9,14-15,17H,1-8,10-12,16H2. The Hall–Kier alpha value is -0.340. The van der Waals surface area contributed by atoms with Gasteiger partial charge >= 0.3 is 0 Å². The lowest BCUT2D eigenvalue weighted by atomic mass is 9.85. The summed E-state index contributed by atoms with van der Waals surface area (Å²) in [4.78, 5) is 0. The van der Waals surface area contributed by atoms with E-state index in [9.17, 15) is 0 Å². The summed E-state index contributed by atoms with van der Waals surface area (Å²) in [5.41, 5.74) is 4.74. The molecule has 1 unspecified atom stereocenters. The van der Waals surface area contributed by atoms with Crippen LogP contribution in [-0.2, 0) is 0 Å². The van der Waals surface area contributed by atoms with Crippen LogP contribution in [0.15, 0.2) is 11.6 Å². The third-order valence-corrected chi connectivity index (χ3v) is 4.53. The van der Waals surface area contributed by atoms with Gasteiger partial charge in [-0.1, -0.05) is 43.8 Å². The minimum atomic E-state index is 0.464. The summed E-state index contributed by atoms with van der Waals surface area (Å²) in [6.07, 6.45) is 17.5. The summed E-state index contributed by atoms with van der Waals surface area (Å²) >= 11 is 0. The van der Waals surface area contributed by atoms with Crippen molar-refractivity contribution in [1.82, 2.24) is 5.43 Å². The number of nitrogens with one attached hydrogen (secondary N) is 1. The average molecular weight is 236 g/mol. The molecule has 1 saturated carbocycles. The summed E-state index contributed by atoms with van der Waals surface area (Å²) in [7, 11) is 0. The molecule has 0 amide bonds. The minimum absolute atomic E-state index is 0.464. The van der Waals surface area contributed by atoms with Crippen LogP contribution in [0.2, 0.25) is 0 Å². The van der Waals surface area contributed by atoms with E-state index >= 15 is 0 Å². The predicted molar refractivity (Wildman–Crippen MR) is 73.5 cm³/mol. The van der Waals surface area contributed by atoms with Gasteiger partial charge in [0, 0.05) is 6.04 Å².